The number of amides is 1. The third kappa shape index (κ3) is 4.45. The minimum Gasteiger partial charge on any atom is -0.466 e. The van der Waals surface area contributed by atoms with Crippen LogP contribution >= 0.6 is 24.0 Å². The van der Waals surface area contributed by atoms with Crippen LogP contribution in [0, 0.1) is 12.8 Å². The van der Waals surface area contributed by atoms with Gasteiger partial charge in [-0.1, -0.05) is 35.6 Å². The molecular weight excluding hydrogens is 430 g/mol. The summed E-state index contributed by atoms with van der Waals surface area (Å²) in [5.74, 6) is 0.557. The molecule has 2 aromatic rings. The molecule has 0 aliphatic carbocycles. The molecule has 162 valence electrons. The van der Waals surface area contributed by atoms with Crippen molar-refractivity contribution in [2.24, 2.45) is 5.92 Å². The minimum absolute atomic E-state index is 0.0703. The number of hydrogen-bond acceptors (Lipinski definition) is 7. The molecule has 1 amide bonds. The molecule has 2 saturated heterocycles. The molecule has 0 saturated carbocycles. The first kappa shape index (κ1) is 21.8. The van der Waals surface area contributed by atoms with Gasteiger partial charge in [0.25, 0.3) is 5.91 Å². The van der Waals surface area contributed by atoms with Crippen LogP contribution in [0.5, 0.6) is 0 Å². The summed E-state index contributed by atoms with van der Waals surface area (Å²) in [6.45, 7) is 5.71. The lowest BCUT2D eigenvalue weighted by molar-refractivity contribution is -0.148. The van der Waals surface area contributed by atoms with Crippen molar-refractivity contribution in [3.63, 3.8) is 0 Å². The van der Waals surface area contributed by atoms with Crippen molar-refractivity contribution in [1.82, 2.24) is 9.88 Å². The standard InChI is InChI=1S/C23H25N3O3S2/c1-4-29-22(28)15-7-9-26(10-8-15)20-17(13-19-21(27)25(3)23(30)31-19)12-16-11-14(2)5-6-18(16)24-20/h5-6,11-13,15H,4,7-10H2,1-3H3/b19-13-. The number of pyridine rings is 1. The molecular formula is C23H25N3O3S2. The van der Waals surface area contributed by atoms with Gasteiger partial charge in [-0.05, 0) is 51.0 Å². The van der Waals surface area contributed by atoms with Crippen molar-refractivity contribution >= 4 is 63.0 Å². The number of esters is 1. The number of ether oxygens (including phenoxy) is 1. The highest BCUT2D eigenvalue weighted by Crippen LogP contribution is 2.35. The monoisotopic (exact) mass is 455 g/mol. The van der Waals surface area contributed by atoms with Crippen LogP contribution in [0.4, 0.5) is 5.82 Å². The lowest BCUT2D eigenvalue weighted by atomic mass is 9.96. The van der Waals surface area contributed by atoms with Crippen LogP contribution in [0.15, 0.2) is 29.2 Å². The third-order valence-electron chi connectivity index (χ3n) is 5.67. The molecule has 8 heteroatoms. The first-order chi connectivity index (χ1) is 14.9. The number of carbonyl (C=O) groups excluding carboxylic acids is 2. The van der Waals surface area contributed by atoms with Crippen LogP contribution in [0.25, 0.3) is 17.0 Å². The van der Waals surface area contributed by atoms with Gasteiger partial charge in [-0.3, -0.25) is 14.5 Å². The van der Waals surface area contributed by atoms with E-state index in [0.717, 1.165) is 40.7 Å². The van der Waals surface area contributed by atoms with E-state index in [1.54, 1.807) is 7.05 Å². The smallest absolute Gasteiger partial charge is 0.309 e. The van der Waals surface area contributed by atoms with E-state index in [1.807, 2.05) is 25.1 Å². The van der Waals surface area contributed by atoms with Gasteiger partial charge in [0, 0.05) is 31.1 Å². The second-order valence-corrected chi connectivity index (χ2v) is 9.53. The first-order valence-corrected chi connectivity index (χ1v) is 11.6. The Hall–Kier alpha value is -2.45. The summed E-state index contributed by atoms with van der Waals surface area (Å²) >= 11 is 6.59. The van der Waals surface area contributed by atoms with Crippen molar-refractivity contribution in [1.29, 1.82) is 0 Å². The zero-order valence-electron chi connectivity index (χ0n) is 17.9. The van der Waals surface area contributed by atoms with E-state index in [9.17, 15) is 9.59 Å². The maximum atomic E-state index is 12.6. The number of anilines is 1. The molecule has 0 radical (unpaired) electrons. The summed E-state index contributed by atoms with van der Waals surface area (Å²) in [6.07, 6.45) is 3.34. The van der Waals surface area contributed by atoms with E-state index in [1.165, 1.54) is 16.7 Å². The molecule has 4 rings (SSSR count). The first-order valence-electron chi connectivity index (χ1n) is 10.4. The number of thiocarbonyl (C=S) groups is 1. The van der Waals surface area contributed by atoms with Gasteiger partial charge in [0.2, 0.25) is 0 Å². The Balaban J connectivity index is 1.70. The maximum Gasteiger partial charge on any atom is 0.309 e. The number of hydrogen-bond donors (Lipinski definition) is 0. The summed E-state index contributed by atoms with van der Waals surface area (Å²) in [6, 6.07) is 8.26. The van der Waals surface area contributed by atoms with Crippen molar-refractivity contribution < 1.29 is 14.3 Å². The van der Waals surface area contributed by atoms with E-state index < -0.39 is 0 Å². The van der Waals surface area contributed by atoms with Gasteiger partial charge < -0.3 is 9.64 Å². The molecule has 0 N–H and O–H groups in total. The van der Waals surface area contributed by atoms with Gasteiger partial charge >= 0.3 is 5.97 Å². The van der Waals surface area contributed by atoms with Crippen LogP contribution in [0.2, 0.25) is 0 Å². The molecule has 31 heavy (non-hydrogen) atoms. The van der Waals surface area contributed by atoms with Crippen LogP contribution in [0.1, 0.15) is 30.9 Å². The molecule has 2 aliphatic rings. The Morgan fingerprint density at radius 2 is 2.06 bits per heavy atom. The summed E-state index contributed by atoms with van der Waals surface area (Å²) < 4.78 is 5.75. The van der Waals surface area contributed by atoms with E-state index in [4.69, 9.17) is 21.9 Å². The number of aromatic nitrogens is 1. The fourth-order valence-corrected chi connectivity index (χ4v) is 5.11. The number of aryl methyl sites for hydroxylation is 1. The molecule has 2 aliphatic heterocycles. The Morgan fingerprint density at radius 3 is 2.71 bits per heavy atom. The molecule has 0 unspecified atom stereocenters. The third-order valence-corrected chi connectivity index (χ3v) is 7.15. The fourth-order valence-electron chi connectivity index (χ4n) is 3.94. The summed E-state index contributed by atoms with van der Waals surface area (Å²) in [4.78, 5) is 33.9. The molecule has 6 nitrogen and oxygen atoms in total. The number of thioether (sulfide) groups is 1. The normalized spacial score (nSPS) is 19.0. The second-order valence-electron chi connectivity index (χ2n) is 7.85. The predicted molar refractivity (Wildman–Crippen MR) is 129 cm³/mol. The van der Waals surface area contributed by atoms with Crippen LogP contribution in [-0.2, 0) is 14.3 Å². The van der Waals surface area contributed by atoms with Gasteiger partial charge in [-0.2, -0.15) is 0 Å². The Kier molecular flexibility index (Phi) is 6.29. The average molecular weight is 456 g/mol. The molecule has 0 atom stereocenters. The van der Waals surface area contributed by atoms with E-state index in [-0.39, 0.29) is 17.8 Å². The van der Waals surface area contributed by atoms with Gasteiger partial charge in [-0.25, -0.2) is 4.98 Å². The van der Waals surface area contributed by atoms with Gasteiger partial charge in [0.1, 0.15) is 10.1 Å². The van der Waals surface area contributed by atoms with Crippen LogP contribution < -0.4 is 4.90 Å². The molecule has 3 heterocycles. The lowest BCUT2D eigenvalue weighted by Crippen LogP contribution is -2.37. The second kappa shape index (κ2) is 8.96. The number of benzene rings is 1. The van der Waals surface area contributed by atoms with Crippen molar-refractivity contribution in [2.75, 3.05) is 31.6 Å². The van der Waals surface area contributed by atoms with Crippen molar-refractivity contribution in [3.05, 3.63) is 40.3 Å². The Bertz CT molecular complexity index is 1090. The molecule has 0 bridgehead atoms. The Morgan fingerprint density at radius 1 is 1.32 bits per heavy atom. The molecule has 1 aromatic carbocycles. The fraction of sp³-hybridized carbons (Fsp3) is 0.391. The van der Waals surface area contributed by atoms with Crippen LogP contribution in [0.3, 0.4) is 0 Å². The van der Waals surface area contributed by atoms with E-state index in [2.05, 4.69) is 24.0 Å². The molecule has 1 aromatic heterocycles. The molecule has 2 fully saturated rings. The predicted octanol–water partition coefficient (Wildman–Crippen LogP) is 4.15. The van der Waals surface area contributed by atoms with E-state index in [0.29, 0.717) is 28.9 Å². The Labute approximate surface area is 191 Å². The van der Waals surface area contributed by atoms with Gasteiger partial charge in [-0.15, -0.1) is 0 Å². The molecule has 0 spiro atoms. The van der Waals surface area contributed by atoms with E-state index >= 15 is 0 Å². The van der Waals surface area contributed by atoms with Gasteiger partial charge in [0.15, 0.2) is 0 Å². The summed E-state index contributed by atoms with van der Waals surface area (Å²) in [5.41, 5.74) is 2.96. The number of piperidine rings is 1. The zero-order chi connectivity index (χ0) is 22.1. The SMILES string of the molecule is CCOC(=O)C1CCN(c2nc3ccc(C)cc3cc2/C=C2\SC(=S)N(C)C2=O)CC1. The lowest BCUT2D eigenvalue weighted by Gasteiger charge is -2.32. The summed E-state index contributed by atoms with van der Waals surface area (Å²) in [7, 11) is 1.70. The quantitative estimate of drug-likeness (QED) is 0.390. The maximum absolute atomic E-state index is 12.6. The van der Waals surface area contributed by atoms with Crippen molar-refractivity contribution in [2.45, 2.75) is 26.7 Å². The van der Waals surface area contributed by atoms with Gasteiger partial charge in [0.05, 0.1) is 22.9 Å². The highest BCUT2D eigenvalue weighted by molar-refractivity contribution is 8.26. The average Bonchev–Trinajstić information content (AvgIpc) is 3.00. The number of likely N-dealkylation sites (N-methyl/N-ethyl adjacent to an activating group) is 1. The largest absolute Gasteiger partial charge is 0.466 e. The highest BCUT2D eigenvalue weighted by Gasteiger charge is 2.31. The number of carbonyl (C=O) groups is 2. The zero-order valence-corrected chi connectivity index (χ0v) is 19.5. The summed E-state index contributed by atoms with van der Waals surface area (Å²) in [5, 5.41) is 1.03. The number of rotatable bonds is 4. The number of nitrogens with zero attached hydrogens (tertiary/aromatic N) is 3. The van der Waals surface area contributed by atoms with Crippen LogP contribution in [-0.4, -0.2) is 52.8 Å². The minimum atomic E-state index is -0.115. The van der Waals surface area contributed by atoms with Crippen molar-refractivity contribution in [3.8, 4) is 0 Å². The highest BCUT2D eigenvalue weighted by atomic mass is 32.2. The topological polar surface area (TPSA) is 62.7 Å². The number of fused-ring (bicyclic) bond motifs is 1.